The van der Waals surface area contributed by atoms with Gasteiger partial charge in [0.25, 0.3) is 5.95 Å². The Labute approximate surface area is 174 Å². The highest BCUT2D eigenvalue weighted by atomic mass is 35.5. The highest BCUT2D eigenvalue weighted by Gasteiger charge is 2.19. The molecule has 1 aliphatic rings. The number of hydrogen-bond acceptors (Lipinski definition) is 5. The maximum Gasteiger partial charge on any atom is 0.419 e. The Morgan fingerprint density at radius 2 is 1.72 bits per heavy atom. The molecule has 0 spiro atoms. The van der Waals surface area contributed by atoms with E-state index in [0.29, 0.717) is 16.5 Å². The molecule has 1 N–H and O–H groups in total. The number of para-hydroxylation sites is 1. The Balaban J connectivity index is 1.46. The summed E-state index contributed by atoms with van der Waals surface area (Å²) >= 11 is 5.85. The number of carbonyl (C=O) groups is 1. The fourth-order valence-electron chi connectivity index (χ4n) is 3.29. The second-order valence-electron chi connectivity index (χ2n) is 6.95. The van der Waals surface area contributed by atoms with Crippen molar-refractivity contribution in [2.75, 3.05) is 43.4 Å². The van der Waals surface area contributed by atoms with E-state index in [1.54, 1.807) is 30.3 Å². The third kappa shape index (κ3) is 4.72. The lowest BCUT2D eigenvalue weighted by molar-refractivity contribution is 0.203. The van der Waals surface area contributed by atoms with E-state index in [1.807, 2.05) is 24.3 Å². The van der Waals surface area contributed by atoms with Crippen molar-refractivity contribution >= 4 is 29.1 Å². The molecule has 2 heterocycles. The first-order valence-corrected chi connectivity index (χ1v) is 9.83. The quantitative estimate of drug-likeness (QED) is 0.657. The molecule has 4 rings (SSSR count). The zero-order valence-electron chi connectivity index (χ0n) is 16.1. The van der Waals surface area contributed by atoms with E-state index in [1.165, 1.54) is 0 Å². The number of nitrogens with zero attached hydrogens (tertiary/aromatic N) is 2. The van der Waals surface area contributed by atoms with Crippen molar-refractivity contribution in [3.63, 3.8) is 0 Å². The predicted octanol–water partition coefficient (Wildman–Crippen LogP) is 4.96. The lowest BCUT2D eigenvalue weighted by Crippen LogP contribution is -2.44. The number of furan rings is 1. The molecule has 1 aromatic heterocycles. The van der Waals surface area contributed by atoms with E-state index in [4.69, 9.17) is 20.8 Å². The number of benzene rings is 2. The number of anilines is 2. The minimum absolute atomic E-state index is 0.139. The number of halogens is 1. The molecule has 2 aromatic carbocycles. The van der Waals surface area contributed by atoms with Crippen LogP contribution in [-0.2, 0) is 0 Å². The highest BCUT2D eigenvalue weighted by Crippen LogP contribution is 2.34. The molecule has 0 bridgehead atoms. The van der Waals surface area contributed by atoms with Crippen LogP contribution < -0.4 is 15.0 Å². The first kappa shape index (κ1) is 19.4. The third-order valence-corrected chi connectivity index (χ3v) is 5.13. The Bertz CT molecular complexity index is 979. The lowest BCUT2D eigenvalue weighted by Gasteiger charge is -2.34. The summed E-state index contributed by atoms with van der Waals surface area (Å²) < 4.78 is 11.1. The average molecular weight is 412 g/mol. The van der Waals surface area contributed by atoms with Crippen LogP contribution >= 0.6 is 11.6 Å². The topological polar surface area (TPSA) is 58.0 Å². The van der Waals surface area contributed by atoms with Crippen LogP contribution in [0.25, 0.3) is 11.3 Å². The molecule has 0 saturated carbocycles. The monoisotopic (exact) mass is 411 g/mol. The van der Waals surface area contributed by atoms with Crippen LogP contribution in [0.1, 0.15) is 0 Å². The number of nitrogens with one attached hydrogen (secondary N) is 1. The Kier molecular flexibility index (Phi) is 5.74. The average Bonchev–Trinajstić information content (AvgIpc) is 3.18. The van der Waals surface area contributed by atoms with Gasteiger partial charge in [-0.1, -0.05) is 23.7 Å². The van der Waals surface area contributed by atoms with Crippen LogP contribution in [0.4, 0.5) is 16.2 Å². The molecule has 29 heavy (non-hydrogen) atoms. The maximum atomic E-state index is 12.1. The van der Waals surface area contributed by atoms with Gasteiger partial charge in [0, 0.05) is 54.2 Å². The van der Waals surface area contributed by atoms with Crippen LogP contribution in [-0.4, -0.2) is 44.2 Å². The second-order valence-corrected chi connectivity index (χ2v) is 7.38. The summed E-state index contributed by atoms with van der Waals surface area (Å²) in [5.74, 6) is 0.800. The van der Waals surface area contributed by atoms with E-state index in [2.05, 4.69) is 28.2 Å². The van der Waals surface area contributed by atoms with E-state index >= 15 is 0 Å². The minimum Gasteiger partial charge on any atom is -0.425 e. The van der Waals surface area contributed by atoms with Crippen LogP contribution in [0, 0.1) is 0 Å². The normalized spacial score (nSPS) is 14.6. The second kappa shape index (κ2) is 8.59. The Morgan fingerprint density at radius 3 is 2.48 bits per heavy atom. The number of likely N-dealkylation sites (N-methyl/N-ethyl adjacent to an activating group) is 1. The summed E-state index contributed by atoms with van der Waals surface area (Å²) in [6.07, 6.45) is -0.624. The van der Waals surface area contributed by atoms with Gasteiger partial charge in [0.1, 0.15) is 5.76 Å². The molecule has 1 amide bonds. The van der Waals surface area contributed by atoms with Crippen molar-refractivity contribution in [2.24, 2.45) is 0 Å². The number of piperazine rings is 1. The number of rotatable bonds is 4. The standard InChI is InChI=1S/C22H22ClN3O3/c1-25-12-14-26(15-13-25)19-5-3-2-4-18(19)20-10-11-21(28-20)29-22(27)24-17-8-6-16(23)7-9-17/h2-11H,12-15H2,1H3,(H,24,27). The summed E-state index contributed by atoms with van der Waals surface area (Å²) in [4.78, 5) is 16.8. The van der Waals surface area contributed by atoms with Crippen LogP contribution in [0.5, 0.6) is 5.95 Å². The molecule has 0 radical (unpaired) electrons. The molecule has 0 unspecified atom stereocenters. The number of ether oxygens (including phenoxy) is 1. The SMILES string of the molecule is CN1CCN(c2ccccc2-c2ccc(OC(=O)Nc3ccc(Cl)cc3)o2)CC1. The van der Waals surface area contributed by atoms with E-state index in [-0.39, 0.29) is 5.95 Å². The maximum absolute atomic E-state index is 12.1. The number of hydrogen-bond donors (Lipinski definition) is 1. The highest BCUT2D eigenvalue weighted by molar-refractivity contribution is 6.30. The van der Waals surface area contributed by atoms with Gasteiger partial charge in [0.15, 0.2) is 0 Å². The molecule has 1 aliphatic heterocycles. The van der Waals surface area contributed by atoms with Crippen LogP contribution in [0.3, 0.4) is 0 Å². The van der Waals surface area contributed by atoms with Gasteiger partial charge < -0.3 is 19.0 Å². The van der Waals surface area contributed by atoms with Gasteiger partial charge in [-0.15, -0.1) is 0 Å². The van der Waals surface area contributed by atoms with Crippen LogP contribution in [0.15, 0.2) is 65.1 Å². The van der Waals surface area contributed by atoms with E-state index in [0.717, 1.165) is 37.4 Å². The van der Waals surface area contributed by atoms with Gasteiger partial charge >= 0.3 is 6.09 Å². The number of carbonyl (C=O) groups excluding carboxylic acids is 1. The zero-order chi connectivity index (χ0) is 20.2. The molecule has 0 atom stereocenters. The summed E-state index contributed by atoms with van der Waals surface area (Å²) in [6.45, 7) is 3.96. The van der Waals surface area contributed by atoms with Crippen molar-refractivity contribution in [1.82, 2.24) is 4.90 Å². The fourth-order valence-corrected chi connectivity index (χ4v) is 3.42. The smallest absolute Gasteiger partial charge is 0.419 e. The molecular formula is C22H22ClN3O3. The molecule has 0 aliphatic carbocycles. The van der Waals surface area contributed by atoms with Crippen molar-refractivity contribution < 1.29 is 13.9 Å². The summed E-state index contributed by atoms with van der Waals surface area (Å²) in [5.41, 5.74) is 2.68. The van der Waals surface area contributed by atoms with Crippen molar-refractivity contribution in [2.45, 2.75) is 0 Å². The molecule has 6 nitrogen and oxygen atoms in total. The molecule has 7 heteroatoms. The third-order valence-electron chi connectivity index (χ3n) is 4.88. The van der Waals surface area contributed by atoms with Gasteiger partial charge in [-0.2, -0.15) is 0 Å². The lowest BCUT2D eigenvalue weighted by atomic mass is 10.1. The van der Waals surface area contributed by atoms with Gasteiger partial charge in [0.05, 0.1) is 0 Å². The minimum atomic E-state index is -0.624. The Morgan fingerprint density at radius 1 is 1.00 bits per heavy atom. The van der Waals surface area contributed by atoms with E-state index < -0.39 is 6.09 Å². The molecule has 3 aromatic rings. The van der Waals surface area contributed by atoms with Crippen molar-refractivity contribution in [1.29, 1.82) is 0 Å². The van der Waals surface area contributed by atoms with Gasteiger partial charge in [-0.25, -0.2) is 4.79 Å². The molecule has 1 saturated heterocycles. The Hall–Kier alpha value is -2.96. The predicted molar refractivity (Wildman–Crippen MR) is 115 cm³/mol. The van der Waals surface area contributed by atoms with Gasteiger partial charge in [-0.3, -0.25) is 5.32 Å². The molecule has 150 valence electrons. The van der Waals surface area contributed by atoms with Crippen molar-refractivity contribution in [3.05, 3.63) is 65.7 Å². The summed E-state index contributed by atoms with van der Waals surface area (Å²) in [5, 5.41) is 3.24. The van der Waals surface area contributed by atoms with Gasteiger partial charge in [0.2, 0.25) is 0 Å². The summed E-state index contributed by atoms with van der Waals surface area (Å²) in [6, 6.07) is 18.4. The first-order valence-electron chi connectivity index (χ1n) is 9.45. The number of amides is 1. The molecule has 1 fully saturated rings. The van der Waals surface area contributed by atoms with Gasteiger partial charge in [-0.05, 0) is 49.5 Å². The van der Waals surface area contributed by atoms with Crippen molar-refractivity contribution in [3.8, 4) is 17.3 Å². The zero-order valence-corrected chi connectivity index (χ0v) is 16.9. The fraction of sp³-hybridized carbons (Fsp3) is 0.227. The van der Waals surface area contributed by atoms with Crippen LogP contribution in [0.2, 0.25) is 5.02 Å². The largest absolute Gasteiger partial charge is 0.425 e. The van der Waals surface area contributed by atoms with E-state index in [9.17, 15) is 4.79 Å². The first-order chi connectivity index (χ1) is 14.1. The summed E-state index contributed by atoms with van der Waals surface area (Å²) in [7, 11) is 2.13. The molecular weight excluding hydrogens is 390 g/mol.